The summed E-state index contributed by atoms with van der Waals surface area (Å²) in [5, 5.41) is 35.0. The summed E-state index contributed by atoms with van der Waals surface area (Å²) >= 11 is 0. The first kappa shape index (κ1) is 19.5. The van der Waals surface area contributed by atoms with Gasteiger partial charge in [0.25, 0.3) is 0 Å². The van der Waals surface area contributed by atoms with Gasteiger partial charge in [0.15, 0.2) is 5.82 Å². The Morgan fingerprint density at radius 2 is 2.00 bits per heavy atom. The molecule has 0 aliphatic carbocycles. The molecule has 28 heavy (non-hydrogen) atoms. The van der Waals surface area contributed by atoms with E-state index in [1.54, 1.807) is 16.8 Å². The fraction of sp³-hybridized carbons (Fsp3) is 0.400. The summed E-state index contributed by atoms with van der Waals surface area (Å²) in [7, 11) is 0. The summed E-state index contributed by atoms with van der Waals surface area (Å²) in [6, 6.07) is 7.66. The van der Waals surface area contributed by atoms with Gasteiger partial charge in [0, 0.05) is 26.2 Å². The first-order valence-electron chi connectivity index (χ1n) is 8.15. The summed E-state index contributed by atoms with van der Waals surface area (Å²) in [4.78, 5) is 11.2. The second kappa shape index (κ2) is 7.79. The Labute approximate surface area is 156 Å². The standard InChI is InChI=1S/C13H14N8.C2HF3O2/c14-8-9-1-2-10-11(7-9)21-13(17-18-19-21)12(16-10)20-5-3-15-4-6-20;3-2(4,5)1(6)7/h1-2,7,12,15-16H,3-6H2;(H,6,7). The molecule has 13 heteroatoms. The van der Waals surface area contributed by atoms with Crippen LogP contribution in [0.4, 0.5) is 18.9 Å². The van der Waals surface area contributed by atoms with Crippen LogP contribution in [0.2, 0.25) is 0 Å². The third-order valence-corrected chi connectivity index (χ3v) is 4.14. The molecule has 1 saturated heterocycles. The maximum Gasteiger partial charge on any atom is 0.490 e. The van der Waals surface area contributed by atoms with Crippen LogP contribution in [0.15, 0.2) is 18.2 Å². The summed E-state index contributed by atoms with van der Waals surface area (Å²) in [6.07, 6.45) is -5.12. The number of fused-ring (bicyclic) bond motifs is 3. The number of aromatic nitrogens is 4. The highest BCUT2D eigenvalue weighted by molar-refractivity contribution is 5.73. The van der Waals surface area contributed by atoms with E-state index in [0.717, 1.165) is 43.4 Å². The molecule has 2 aliphatic rings. The third kappa shape index (κ3) is 4.02. The molecule has 0 bridgehead atoms. The number of anilines is 1. The van der Waals surface area contributed by atoms with E-state index in [1.165, 1.54) is 0 Å². The highest BCUT2D eigenvalue weighted by Gasteiger charge is 2.38. The smallest absolute Gasteiger partial charge is 0.475 e. The largest absolute Gasteiger partial charge is 0.490 e. The zero-order valence-electron chi connectivity index (χ0n) is 14.3. The third-order valence-electron chi connectivity index (χ3n) is 4.14. The fourth-order valence-corrected chi connectivity index (χ4v) is 2.84. The van der Waals surface area contributed by atoms with Crippen LogP contribution in [0.1, 0.15) is 17.6 Å². The minimum Gasteiger partial charge on any atom is -0.475 e. The van der Waals surface area contributed by atoms with Gasteiger partial charge in [-0.2, -0.15) is 23.1 Å². The first-order chi connectivity index (χ1) is 13.3. The first-order valence-corrected chi connectivity index (χ1v) is 8.15. The fourth-order valence-electron chi connectivity index (χ4n) is 2.84. The number of hydrogen-bond donors (Lipinski definition) is 3. The molecule has 0 spiro atoms. The van der Waals surface area contributed by atoms with Crippen LogP contribution in [-0.2, 0) is 4.79 Å². The molecular formula is C15H15F3N8O2. The Bertz CT molecular complexity index is 901. The van der Waals surface area contributed by atoms with Crippen molar-refractivity contribution in [2.45, 2.75) is 12.3 Å². The van der Waals surface area contributed by atoms with Crippen LogP contribution < -0.4 is 10.6 Å². The zero-order valence-corrected chi connectivity index (χ0v) is 14.3. The van der Waals surface area contributed by atoms with Gasteiger partial charge in [-0.15, -0.1) is 5.10 Å². The lowest BCUT2D eigenvalue weighted by molar-refractivity contribution is -0.192. The molecule has 0 amide bonds. The molecule has 1 aromatic carbocycles. The summed E-state index contributed by atoms with van der Waals surface area (Å²) in [5.41, 5.74) is 2.36. The molecule has 1 atom stereocenters. The number of alkyl halides is 3. The van der Waals surface area contributed by atoms with Crippen molar-refractivity contribution in [1.29, 1.82) is 5.26 Å². The number of nitriles is 1. The van der Waals surface area contributed by atoms with E-state index in [9.17, 15) is 13.2 Å². The van der Waals surface area contributed by atoms with Crippen molar-refractivity contribution < 1.29 is 23.1 Å². The van der Waals surface area contributed by atoms with Crippen molar-refractivity contribution in [1.82, 2.24) is 30.4 Å². The van der Waals surface area contributed by atoms with Gasteiger partial charge in [-0.1, -0.05) is 0 Å². The van der Waals surface area contributed by atoms with Gasteiger partial charge in [-0.25, -0.2) is 4.79 Å². The van der Waals surface area contributed by atoms with Crippen molar-refractivity contribution >= 4 is 11.7 Å². The Morgan fingerprint density at radius 1 is 1.32 bits per heavy atom. The number of piperazine rings is 1. The molecule has 2 aromatic rings. The molecule has 0 saturated carbocycles. The lowest BCUT2D eigenvalue weighted by Gasteiger charge is -2.37. The van der Waals surface area contributed by atoms with Crippen LogP contribution in [-0.4, -0.2) is 68.5 Å². The number of carboxylic acids is 1. The van der Waals surface area contributed by atoms with E-state index in [1.807, 2.05) is 6.07 Å². The molecule has 1 aromatic heterocycles. The van der Waals surface area contributed by atoms with E-state index in [-0.39, 0.29) is 6.17 Å². The topological polar surface area (TPSA) is 132 Å². The molecule has 10 nitrogen and oxygen atoms in total. The highest BCUT2D eigenvalue weighted by atomic mass is 19.4. The quantitative estimate of drug-likeness (QED) is 0.630. The van der Waals surface area contributed by atoms with Crippen molar-refractivity contribution in [2.24, 2.45) is 0 Å². The maximum absolute atomic E-state index is 10.6. The molecule has 3 N–H and O–H groups in total. The van der Waals surface area contributed by atoms with E-state index < -0.39 is 12.1 Å². The van der Waals surface area contributed by atoms with Crippen LogP contribution in [0.25, 0.3) is 5.69 Å². The van der Waals surface area contributed by atoms with Crippen molar-refractivity contribution in [3.05, 3.63) is 29.6 Å². The average Bonchev–Trinajstić information content (AvgIpc) is 3.17. The average molecular weight is 396 g/mol. The second-order valence-corrected chi connectivity index (χ2v) is 5.93. The number of nitrogens with one attached hydrogen (secondary N) is 2. The molecule has 1 fully saturated rings. The highest BCUT2D eigenvalue weighted by Crippen LogP contribution is 2.33. The minimum atomic E-state index is -5.08. The molecule has 2 aliphatic heterocycles. The maximum atomic E-state index is 10.6. The van der Waals surface area contributed by atoms with Gasteiger partial charge >= 0.3 is 12.1 Å². The lowest BCUT2D eigenvalue weighted by Crippen LogP contribution is -2.48. The Kier molecular flexibility index (Phi) is 5.43. The second-order valence-electron chi connectivity index (χ2n) is 5.93. The van der Waals surface area contributed by atoms with Gasteiger partial charge in [0.05, 0.1) is 23.0 Å². The number of rotatable bonds is 1. The van der Waals surface area contributed by atoms with E-state index >= 15 is 0 Å². The predicted molar refractivity (Wildman–Crippen MR) is 88.4 cm³/mol. The summed E-state index contributed by atoms with van der Waals surface area (Å²) in [6.45, 7) is 3.80. The Morgan fingerprint density at radius 3 is 2.61 bits per heavy atom. The Balaban J connectivity index is 0.000000279. The van der Waals surface area contributed by atoms with E-state index in [2.05, 4.69) is 37.1 Å². The molecule has 0 radical (unpaired) electrons. The van der Waals surface area contributed by atoms with Crippen LogP contribution in [0, 0.1) is 11.3 Å². The SMILES string of the molecule is N#Cc1ccc2c(c1)-n1nnnc1C(N1CCNCC1)N2.O=C(O)C(F)(F)F. The minimum absolute atomic E-state index is 0.0393. The van der Waals surface area contributed by atoms with E-state index in [0.29, 0.717) is 5.56 Å². The number of tetrazole rings is 1. The molecule has 3 heterocycles. The summed E-state index contributed by atoms with van der Waals surface area (Å²) in [5.74, 6) is -1.99. The number of benzene rings is 1. The van der Waals surface area contributed by atoms with Gasteiger partial charge in [-0.3, -0.25) is 4.90 Å². The van der Waals surface area contributed by atoms with Crippen LogP contribution >= 0.6 is 0 Å². The molecule has 4 rings (SSSR count). The molecule has 1 unspecified atom stereocenters. The normalized spacial score (nSPS) is 18.6. The number of hydrogen-bond acceptors (Lipinski definition) is 8. The predicted octanol–water partition coefficient (Wildman–Crippen LogP) is 0.497. The number of carboxylic acid groups (broad SMARTS) is 1. The van der Waals surface area contributed by atoms with Gasteiger partial charge in [0.1, 0.15) is 6.17 Å². The van der Waals surface area contributed by atoms with Crippen molar-refractivity contribution in [3.8, 4) is 11.8 Å². The van der Waals surface area contributed by atoms with Crippen LogP contribution in [0.3, 0.4) is 0 Å². The van der Waals surface area contributed by atoms with E-state index in [4.69, 9.17) is 15.2 Å². The van der Waals surface area contributed by atoms with Gasteiger partial charge in [0.2, 0.25) is 0 Å². The van der Waals surface area contributed by atoms with Gasteiger partial charge < -0.3 is 15.7 Å². The molecule has 148 valence electrons. The number of nitrogens with zero attached hydrogens (tertiary/aromatic N) is 6. The monoisotopic (exact) mass is 396 g/mol. The summed E-state index contributed by atoms with van der Waals surface area (Å²) < 4.78 is 33.5. The van der Waals surface area contributed by atoms with Crippen molar-refractivity contribution in [3.63, 3.8) is 0 Å². The number of halogens is 3. The lowest BCUT2D eigenvalue weighted by atomic mass is 10.1. The number of carbonyl (C=O) groups is 1. The van der Waals surface area contributed by atoms with Crippen LogP contribution in [0.5, 0.6) is 0 Å². The van der Waals surface area contributed by atoms with Gasteiger partial charge in [-0.05, 0) is 28.6 Å². The Hall–Kier alpha value is -3.24. The number of aliphatic carboxylic acids is 1. The van der Waals surface area contributed by atoms with Crippen molar-refractivity contribution in [2.75, 3.05) is 31.5 Å². The zero-order chi connectivity index (χ0) is 20.3. The molecular weight excluding hydrogens is 381 g/mol.